The molecule has 3 aromatic heterocycles. The van der Waals surface area contributed by atoms with E-state index in [9.17, 15) is 18.0 Å². The van der Waals surface area contributed by atoms with E-state index >= 15 is 0 Å². The summed E-state index contributed by atoms with van der Waals surface area (Å²) in [6.45, 7) is 1.85. The fourth-order valence-electron chi connectivity index (χ4n) is 4.32. The van der Waals surface area contributed by atoms with Crippen molar-refractivity contribution in [1.29, 1.82) is 0 Å². The zero-order chi connectivity index (χ0) is 25.8. The molecular formula is C27H22ClN3O4S. The Morgan fingerprint density at radius 3 is 2.08 bits per heavy atom. The highest BCUT2D eigenvalue weighted by Crippen LogP contribution is 2.37. The van der Waals surface area contributed by atoms with Crippen LogP contribution in [0.4, 0.5) is 0 Å². The topological polar surface area (TPSA) is 83.1 Å². The molecule has 0 amide bonds. The van der Waals surface area contributed by atoms with Gasteiger partial charge in [0.05, 0.1) is 4.90 Å². The van der Waals surface area contributed by atoms with E-state index in [0.717, 1.165) is 20.7 Å². The second-order valence-corrected chi connectivity index (χ2v) is 10.9. The molecule has 0 aliphatic carbocycles. The van der Waals surface area contributed by atoms with Gasteiger partial charge in [0.15, 0.2) is 0 Å². The Kier molecular flexibility index (Phi) is 5.73. The van der Waals surface area contributed by atoms with Crippen LogP contribution in [0.3, 0.4) is 0 Å². The summed E-state index contributed by atoms with van der Waals surface area (Å²) in [7, 11) is -0.977. The van der Waals surface area contributed by atoms with Gasteiger partial charge in [0.2, 0.25) is 0 Å². The van der Waals surface area contributed by atoms with Crippen LogP contribution in [-0.4, -0.2) is 21.5 Å². The molecule has 7 nitrogen and oxygen atoms in total. The Morgan fingerprint density at radius 2 is 1.42 bits per heavy atom. The summed E-state index contributed by atoms with van der Waals surface area (Å²) in [5.41, 5.74) is 2.74. The molecule has 0 radical (unpaired) electrons. The molecule has 0 atom stereocenters. The van der Waals surface area contributed by atoms with E-state index < -0.39 is 15.6 Å². The second kappa shape index (κ2) is 8.65. The van der Waals surface area contributed by atoms with Crippen LogP contribution in [0.5, 0.6) is 0 Å². The van der Waals surface area contributed by atoms with E-state index in [1.54, 1.807) is 31.6 Å². The lowest BCUT2D eigenvalue weighted by atomic mass is 9.95. The van der Waals surface area contributed by atoms with Crippen LogP contribution in [0.1, 0.15) is 5.56 Å². The lowest BCUT2D eigenvalue weighted by molar-refractivity contribution is 0.589. The van der Waals surface area contributed by atoms with E-state index in [1.807, 2.05) is 37.3 Å². The Bertz CT molecular complexity index is 1870. The van der Waals surface area contributed by atoms with Crippen molar-refractivity contribution in [3.63, 3.8) is 0 Å². The van der Waals surface area contributed by atoms with Gasteiger partial charge in [0.25, 0.3) is 21.1 Å². The summed E-state index contributed by atoms with van der Waals surface area (Å²) in [4.78, 5) is 26.0. The number of nitrogens with zero attached hydrogens (tertiary/aromatic N) is 3. The molecule has 0 N–H and O–H groups in total. The van der Waals surface area contributed by atoms with Crippen molar-refractivity contribution in [2.24, 2.45) is 14.1 Å². The van der Waals surface area contributed by atoms with Gasteiger partial charge in [-0.2, -0.15) is 0 Å². The maximum atomic E-state index is 13.6. The first-order valence-corrected chi connectivity index (χ1v) is 12.9. The van der Waals surface area contributed by atoms with Gasteiger partial charge in [-0.05, 0) is 36.2 Å². The fourth-order valence-corrected chi connectivity index (χ4v) is 6.18. The summed E-state index contributed by atoms with van der Waals surface area (Å²) in [6, 6.07) is 18.8. The van der Waals surface area contributed by atoms with Crippen LogP contribution >= 0.6 is 11.6 Å². The first-order valence-electron chi connectivity index (χ1n) is 11.1. The third kappa shape index (κ3) is 3.79. The minimum atomic E-state index is -4.18. The minimum absolute atomic E-state index is 0.0125. The largest absolute Gasteiger partial charge is 0.318 e. The van der Waals surface area contributed by atoms with Gasteiger partial charge in [0, 0.05) is 49.1 Å². The molecule has 0 bridgehead atoms. The van der Waals surface area contributed by atoms with Crippen molar-refractivity contribution >= 4 is 32.5 Å². The first kappa shape index (κ1) is 23.8. The Morgan fingerprint density at radius 1 is 0.778 bits per heavy atom. The van der Waals surface area contributed by atoms with E-state index in [4.69, 9.17) is 11.6 Å². The van der Waals surface area contributed by atoms with E-state index in [-0.39, 0.29) is 21.1 Å². The number of rotatable bonds is 4. The molecule has 9 heteroatoms. The molecule has 0 aliphatic rings. The molecule has 0 aliphatic heterocycles. The number of aryl methyl sites for hydroxylation is 3. The summed E-state index contributed by atoms with van der Waals surface area (Å²) < 4.78 is 30.9. The van der Waals surface area contributed by atoms with Crippen LogP contribution in [0, 0.1) is 6.92 Å². The van der Waals surface area contributed by atoms with Gasteiger partial charge in [0.1, 0.15) is 10.7 Å². The average Bonchev–Trinajstić information content (AvgIpc) is 3.22. The summed E-state index contributed by atoms with van der Waals surface area (Å²) in [5.74, 6) is 0. The molecular weight excluding hydrogens is 498 g/mol. The van der Waals surface area contributed by atoms with Crippen molar-refractivity contribution in [1.82, 2.24) is 13.1 Å². The zero-order valence-corrected chi connectivity index (χ0v) is 21.3. The van der Waals surface area contributed by atoms with Crippen molar-refractivity contribution < 1.29 is 8.42 Å². The van der Waals surface area contributed by atoms with Crippen molar-refractivity contribution in [3.05, 3.63) is 111 Å². The molecule has 3 heterocycles. The van der Waals surface area contributed by atoms with Gasteiger partial charge in [-0.1, -0.05) is 59.6 Å². The number of hydrogen-bond donors (Lipinski definition) is 0. The number of aromatic nitrogens is 3. The van der Waals surface area contributed by atoms with Crippen molar-refractivity contribution in [2.75, 3.05) is 0 Å². The highest BCUT2D eigenvalue weighted by atomic mass is 35.5. The van der Waals surface area contributed by atoms with E-state index in [1.165, 1.54) is 40.4 Å². The van der Waals surface area contributed by atoms with E-state index in [2.05, 4.69) is 0 Å². The average molecular weight is 520 g/mol. The number of halogens is 1. The SMILES string of the molecule is Cc1ccc(S(=O)(=O)n2c(Cl)cc3c(-c4cc(=O)n(C)cc4-c4ccccc4)cn(C)c(=O)c32)cc1. The molecule has 0 saturated carbocycles. The van der Waals surface area contributed by atoms with Gasteiger partial charge in [-0.25, -0.2) is 12.4 Å². The summed E-state index contributed by atoms with van der Waals surface area (Å²) >= 11 is 6.50. The normalized spacial score (nSPS) is 11.8. The lowest BCUT2D eigenvalue weighted by Crippen LogP contribution is -2.23. The first-order chi connectivity index (χ1) is 17.1. The van der Waals surface area contributed by atoms with Crippen LogP contribution < -0.4 is 11.1 Å². The van der Waals surface area contributed by atoms with Crippen molar-refractivity contribution in [3.8, 4) is 22.3 Å². The number of fused-ring (bicyclic) bond motifs is 1. The maximum Gasteiger partial charge on any atom is 0.275 e. The fraction of sp³-hybridized carbons (Fsp3) is 0.111. The maximum absolute atomic E-state index is 13.6. The van der Waals surface area contributed by atoms with Crippen LogP contribution in [-0.2, 0) is 24.1 Å². The third-order valence-electron chi connectivity index (χ3n) is 6.21. The Balaban J connectivity index is 1.88. The Labute approximate surface area is 212 Å². The lowest BCUT2D eigenvalue weighted by Gasteiger charge is -2.15. The zero-order valence-electron chi connectivity index (χ0n) is 19.8. The van der Waals surface area contributed by atoms with Gasteiger partial charge in [-0.15, -0.1) is 0 Å². The van der Waals surface area contributed by atoms with Crippen LogP contribution in [0.25, 0.3) is 33.2 Å². The predicted octanol–water partition coefficient (Wildman–Crippen LogP) is 4.57. The minimum Gasteiger partial charge on any atom is -0.318 e. The van der Waals surface area contributed by atoms with Gasteiger partial charge < -0.3 is 9.13 Å². The van der Waals surface area contributed by atoms with Crippen molar-refractivity contribution in [2.45, 2.75) is 11.8 Å². The highest BCUT2D eigenvalue weighted by Gasteiger charge is 2.27. The quantitative estimate of drug-likeness (QED) is 0.348. The molecule has 0 saturated heterocycles. The third-order valence-corrected chi connectivity index (χ3v) is 8.32. The van der Waals surface area contributed by atoms with Gasteiger partial charge in [-0.3, -0.25) is 9.59 Å². The predicted molar refractivity (Wildman–Crippen MR) is 142 cm³/mol. The Hall–Kier alpha value is -3.88. The number of benzene rings is 2. The number of pyridine rings is 2. The molecule has 0 unspecified atom stereocenters. The van der Waals surface area contributed by atoms with Gasteiger partial charge >= 0.3 is 0 Å². The van der Waals surface area contributed by atoms with Crippen LogP contribution in [0.15, 0.2) is 93.6 Å². The highest BCUT2D eigenvalue weighted by molar-refractivity contribution is 7.90. The molecule has 36 heavy (non-hydrogen) atoms. The second-order valence-electron chi connectivity index (χ2n) is 8.69. The smallest absolute Gasteiger partial charge is 0.275 e. The summed E-state index contributed by atoms with van der Waals surface area (Å²) in [5, 5.41) is 0.212. The monoisotopic (exact) mass is 519 g/mol. The molecule has 0 spiro atoms. The molecule has 5 rings (SSSR count). The van der Waals surface area contributed by atoms with E-state index in [0.29, 0.717) is 16.5 Å². The molecule has 182 valence electrons. The standard InChI is InChI=1S/C27H22ClN3O4S/c1-17-9-11-19(12-10-17)36(34,35)31-24(28)13-21-23(16-30(3)27(33)26(21)31)20-14-25(32)29(2)15-22(20)18-7-5-4-6-8-18/h4-16H,1-3H3. The van der Waals surface area contributed by atoms with Crippen LogP contribution in [0.2, 0.25) is 5.15 Å². The molecule has 0 fully saturated rings. The summed E-state index contributed by atoms with van der Waals surface area (Å²) in [6.07, 6.45) is 3.33. The molecule has 2 aromatic carbocycles. The number of hydrogen-bond acceptors (Lipinski definition) is 4. The molecule has 5 aromatic rings.